The van der Waals surface area contributed by atoms with Gasteiger partial charge >= 0.3 is 0 Å². The molecule has 3 rings (SSSR count). The summed E-state index contributed by atoms with van der Waals surface area (Å²) < 4.78 is 0. The lowest BCUT2D eigenvalue weighted by molar-refractivity contribution is -0.134. The van der Waals surface area contributed by atoms with Crippen molar-refractivity contribution in [3.8, 4) is 0 Å². The van der Waals surface area contributed by atoms with Crippen molar-refractivity contribution < 1.29 is 9.59 Å². The van der Waals surface area contributed by atoms with Crippen LogP contribution in [0.25, 0.3) is 0 Å². The number of anilines is 1. The van der Waals surface area contributed by atoms with Crippen LogP contribution in [-0.4, -0.2) is 66.4 Å². The van der Waals surface area contributed by atoms with Crippen LogP contribution in [-0.2, 0) is 9.59 Å². The van der Waals surface area contributed by atoms with Crippen molar-refractivity contribution in [1.29, 1.82) is 0 Å². The zero-order chi connectivity index (χ0) is 17.8. The van der Waals surface area contributed by atoms with E-state index in [1.54, 1.807) is 0 Å². The second-order valence-corrected chi connectivity index (χ2v) is 7.06. The lowest BCUT2D eigenvalue weighted by Gasteiger charge is -2.37. The van der Waals surface area contributed by atoms with E-state index in [-0.39, 0.29) is 36.3 Å². The molecule has 2 N–H and O–H groups in total. The number of rotatable bonds is 5. The van der Waals surface area contributed by atoms with Gasteiger partial charge in [-0.15, -0.1) is 12.4 Å². The van der Waals surface area contributed by atoms with Crippen molar-refractivity contribution in [1.82, 2.24) is 9.80 Å². The molecule has 0 radical (unpaired) electrons. The number of halogens is 1. The third-order valence-corrected chi connectivity index (χ3v) is 5.17. The Balaban J connectivity index is 0.00000243. The molecule has 0 aliphatic carbocycles. The summed E-state index contributed by atoms with van der Waals surface area (Å²) in [4.78, 5) is 31.0. The Morgan fingerprint density at radius 3 is 2.42 bits per heavy atom. The zero-order valence-electron chi connectivity index (χ0n) is 15.3. The van der Waals surface area contributed by atoms with Gasteiger partial charge in [-0.3, -0.25) is 14.5 Å². The summed E-state index contributed by atoms with van der Waals surface area (Å²) in [6.45, 7) is 5.63. The first-order valence-electron chi connectivity index (χ1n) is 9.20. The Kier molecular flexibility index (Phi) is 7.43. The van der Waals surface area contributed by atoms with Crippen molar-refractivity contribution in [3.63, 3.8) is 0 Å². The molecule has 2 fully saturated rings. The highest BCUT2D eigenvalue weighted by atomic mass is 35.5. The van der Waals surface area contributed by atoms with E-state index >= 15 is 0 Å². The van der Waals surface area contributed by atoms with Crippen molar-refractivity contribution in [2.75, 3.05) is 37.6 Å². The number of carbonyl (C=O) groups is 2. The summed E-state index contributed by atoms with van der Waals surface area (Å²) in [7, 11) is 0. The molecule has 0 spiro atoms. The molecule has 2 heterocycles. The molecule has 2 aliphatic rings. The van der Waals surface area contributed by atoms with Crippen LogP contribution in [0.15, 0.2) is 30.3 Å². The van der Waals surface area contributed by atoms with Crippen LogP contribution in [0.5, 0.6) is 0 Å². The number of nitrogens with two attached hydrogens (primary N) is 1. The minimum Gasteiger partial charge on any atom is -0.340 e. The van der Waals surface area contributed by atoms with E-state index < -0.39 is 0 Å². The molecule has 2 amide bonds. The summed E-state index contributed by atoms with van der Waals surface area (Å²) in [6.07, 6.45) is 2.10. The fourth-order valence-corrected chi connectivity index (χ4v) is 3.66. The highest BCUT2D eigenvalue weighted by Crippen LogP contribution is 2.25. The number of nitrogens with zero attached hydrogens (tertiary/aromatic N) is 3. The van der Waals surface area contributed by atoms with Crippen LogP contribution in [0.4, 0.5) is 5.69 Å². The summed E-state index contributed by atoms with van der Waals surface area (Å²) >= 11 is 0. The van der Waals surface area contributed by atoms with Crippen molar-refractivity contribution in [3.05, 3.63) is 30.3 Å². The van der Waals surface area contributed by atoms with E-state index in [4.69, 9.17) is 5.73 Å². The number of amides is 2. The highest BCUT2D eigenvalue weighted by molar-refractivity contribution is 5.99. The largest absolute Gasteiger partial charge is 0.340 e. The molecule has 0 bridgehead atoms. The number of para-hydroxylation sites is 1. The average molecular weight is 381 g/mol. The van der Waals surface area contributed by atoms with E-state index in [2.05, 4.69) is 4.90 Å². The second kappa shape index (κ2) is 9.35. The van der Waals surface area contributed by atoms with Gasteiger partial charge < -0.3 is 15.5 Å². The third-order valence-electron chi connectivity index (χ3n) is 5.17. The van der Waals surface area contributed by atoms with Crippen LogP contribution in [0.2, 0.25) is 0 Å². The highest BCUT2D eigenvalue weighted by Gasteiger charge is 2.38. The van der Waals surface area contributed by atoms with Gasteiger partial charge in [0.15, 0.2) is 0 Å². The van der Waals surface area contributed by atoms with Gasteiger partial charge in [0.05, 0.1) is 6.04 Å². The van der Waals surface area contributed by atoms with Crippen LogP contribution in [0.1, 0.15) is 26.2 Å². The van der Waals surface area contributed by atoms with E-state index in [0.717, 1.165) is 38.2 Å². The molecular weight excluding hydrogens is 352 g/mol. The van der Waals surface area contributed by atoms with Crippen LogP contribution < -0.4 is 10.6 Å². The molecule has 1 aromatic rings. The minimum absolute atomic E-state index is 0. The smallest absolute Gasteiger partial charge is 0.244 e. The van der Waals surface area contributed by atoms with Crippen LogP contribution in [0.3, 0.4) is 0 Å². The Bertz CT molecular complexity index is 603. The molecule has 0 aromatic heterocycles. The summed E-state index contributed by atoms with van der Waals surface area (Å²) in [5.41, 5.74) is 6.70. The number of hydrogen-bond acceptors (Lipinski definition) is 4. The average Bonchev–Trinajstić information content (AvgIpc) is 3.02. The Morgan fingerprint density at radius 1 is 1.15 bits per heavy atom. The van der Waals surface area contributed by atoms with Gasteiger partial charge in [-0.2, -0.15) is 0 Å². The summed E-state index contributed by atoms with van der Waals surface area (Å²) in [5, 5.41) is 0. The summed E-state index contributed by atoms with van der Waals surface area (Å²) in [6, 6.07) is 9.85. The van der Waals surface area contributed by atoms with E-state index in [1.807, 2.05) is 47.1 Å². The molecule has 2 atom stereocenters. The van der Waals surface area contributed by atoms with Crippen molar-refractivity contribution >= 4 is 29.9 Å². The van der Waals surface area contributed by atoms with Gasteiger partial charge in [0, 0.05) is 50.9 Å². The van der Waals surface area contributed by atoms with Crippen LogP contribution >= 0.6 is 12.4 Å². The predicted octanol–water partition coefficient (Wildman–Crippen LogP) is 1.49. The van der Waals surface area contributed by atoms with Crippen molar-refractivity contribution in [2.24, 2.45) is 5.73 Å². The van der Waals surface area contributed by atoms with E-state index in [9.17, 15) is 9.59 Å². The maximum absolute atomic E-state index is 12.8. The minimum atomic E-state index is -0.0541. The first-order valence-corrected chi connectivity index (χ1v) is 9.20. The van der Waals surface area contributed by atoms with Crippen molar-refractivity contribution in [2.45, 2.75) is 38.3 Å². The lowest BCUT2D eigenvalue weighted by atomic mass is 10.1. The van der Waals surface area contributed by atoms with Gasteiger partial charge in [0.1, 0.15) is 0 Å². The molecule has 144 valence electrons. The standard InChI is InChI=1S/C19H28N4O2.ClH/c1-15(20)7-8-18(24)22-13-11-21(12-14-22)17-9-10-23(19(17)25)16-5-3-2-4-6-16;/h2-6,15,17H,7-14,20H2,1H3;1H. The molecule has 7 heteroatoms. The molecule has 0 saturated carbocycles. The molecule has 2 unspecified atom stereocenters. The molecule has 26 heavy (non-hydrogen) atoms. The fraction of sp³-hybridized carbons (Fsp3) is 0.579. The topological polar surface area (TPSA) is 69.9 Å². The Labute approximate surface area is 161 Å². The molecular formula is C19H29ClN4O2. The number of hydrogen-bond donors (Lipinski definition) is 1. The molecule has 2 saturated heterocycles. The third kappa shape index (κ3) is 4.75. The second-order valence-electron chi connectivity index (χ2n) is 7.06. The zero-order valence-corrected chi connectivity index (χ0v) is 16.2. The van der Waals surface area contributed by atoms with Gasteiger partial charge in [-0.25, -0.2) is 0 Å². The quantitative estimate of drug-likeness (QED) is 0.840. The monoisotopic (exact) mass is 380 g/mol. The molecule has 1 aromatic carbocycles. The molecule has 6 nitrogen and oxygen atoms in total. The maximum atomic E-state index is 12.8. The van der Waals surface area contributed by atoms with Gasteiger partial charge in [0.25, 0.3) is 0 Å². The number of piperazine rings is 1. The number of carbonyl (C=O) groups excluding carboxylic acids is 2. The van der Waals surface area contributed by atoms with E-state index in [0.29, 0.717) is 19.5 Å². The summed E-state index contributed by atoms with van der Waals surface area (Å²) in [5.74, 6) is 0.364. The van der Waals surface area contributed by atoms with Gasteiger partial charge in [-0.05, 0) is 31.9 Å². The molecule has 2 aliphatic heterocycles. The van der Waals surface area contributed by atoms with Crippen LogP contribution in [0, 0.1) is 0 Å². The maximum Gasteiger partial charge on any atom is 0.244 e. The number of benzene rings is 1. The SMILES string of the molecule is CC(N)CCC(=O)N1CCN(C2CCN(c3ccccc3)C2=O)CC1.Cl. The van der Waals surface area contributed by atoms with Gasteiger partial charge in [0.2, 0.25) is 11.8 Å². The Hall–Kier alpha value is -1.63. The fourth-order valence-electron chi connectivity index (χ4n) is 3.66. The Morgan fingerprint density at radius 2 is 1.81 bits per heavy atom. The first-order chi connectivity index (χ1) is 12.1. The normalized spacial score (nSPS) is 22.2. The van der Waals surface area contributed by atoms with Gasteiger partial charge in [-0.1, -0.05) is 18.2 Å². The lowest BCUT2D eigenvalue weighted by Crippen LogP contribution is -2.53. The van der Waals surface area contributed by atoms with E-state index in [1.165, 1.54) is 0 Å². The first kappa shape index (κ1) is 20.7. The predicted molar refractivity (Wildman–Crippen MR) is 105 cm³/mol.